The van der Waals surface area contributed by atoms with Gasteiger partial charge in [0.15, 0.2) is 0 Å². The van der Waals surface area contributed by atoms with E-state index in [-0.39, 0.29) is 5.91 Å². The third-order valence-electron chi connectivity index (χ3n) is 5.84. The summed E-state index contributed by atoms with van der Waals surface area (Å²) in [5.41, 5.74) is 4.13. The average Bonchev–Trinajstić information content (AvgIpc) is 2.81. The molecule has 1 aliphatic rings. The van der Waals surface area contributed by atoms with Gasteiger partial charge in [-0.3, -0.25) is 14.8 Å². The predicted octanol–water partition coefficient (Wildman–Crippen LogP) is 3.84. The van der Waals surface area contributed by atoms with E-state index in [0.717, 1.165) is 30.4 Å². The fraction of sp³-hybridized carbons (Fsp3) is 0.320. The lowest BCUT2D eigenvalue weighted by Gasteiger charge is -2.36. The molecular formula is C25H27N3O2. The number of hydrogen-bond donors (Lipinski definition) is 1. The number of rotatable bonds is 7. The first-order valence-corrected chi connectivity index (χ1v) is 10.5. The van der Waals surface area contributed by atoms with Crippen molar-refractivity contribution in [1.82, 2.24) is 15.3 Å². The van der Waals surface area contributed by atoms with Crippen LogP contribution < -0.4 is 5.32 Å². The van der Waals surface area contributed by atoms with Crippen LogP contribution in [0.1, 0.15) is 24.0 Å². The van der Waals surface area contributed by atoms with Crippen LogP contribution in [0.5, 0.6) is 0 Å². The van der Waals surface area contributed by atoms with Crippen LogP contribution in [-0.2, 0) is 22.4 Å². The molecule has 1 fully saturated rings. The molecule has 0 spiro atoms. The summed E-state index contributed by atoms with van der Waals surface area (Å²) in [6, 6.07) is 16.4. The van der Waals surface area contributed by atoms with E-state index >= 15 is 0 Å². The summed E-state index contributed by atoms with van der Waals surface area (Å²) >= 11 is 0. The highest BCUT2D eigenvalue weighted by molar-refractivity contribution is 5.83. The maximum absolute atomic E-state index is 13.3. The first kappa shape index (κ1) is 20.2. The number of hydrogen-bond acceptors (Lipinski definition) is 4. The van der Waals surface area contributed by atoms with Crippen molar-refractivity contribution in [1.29, 1.82) is 0 Å². The molecule has 3 heterocycles. The van der Waals surface area contributed by atoms with Gasteiger partial charge in [0.2, 0.25) is 5.91 Å². The van der Waals surface area contributed by atoms with E-state index in [0.29, 0.717) is 26.2 Å². The van der Waals surface area contributed by atoms with Gasteiger partial charge in [-0.2, -0.15) is 0 Å². The summed E-state index contributed by atoms with van der Waals surface area (Å²) in [5, 5.41) is 3.18. The van der Waals surface area contributed by atoms with Crippen LogP contribution in [0.3, 0.4) is 0 Å². The molecule has 1 amide bonds. The van der Waals surface area contributed by atoms with E-state index < -0.39 is 5.41 Å². The molecule has 5 nitrogen and oxygen atoms in total. The summed E-state index contributed by atoms with van der Waals surface area (Å²) in [5.74, 6) is 0.131. The smallest absolute Gasteiger partial charge is 0.226 e. The molecule has 1 saturated heterocycles. The summed E-state index contributed by atoms with van der Waals surface area (Å²) in [4.78, 5) is 21.5. The fourth-order valence-corrected chi connectivity index (χ4v) is 4.09. The number of amides is 1. The van der Waals surface area contributed by atoms with Gasteiger partial charge in [0.25, 0.3) is 0 Å². The molecule has 1 N–H and O–H groups in total. The molecule has 0 saturated carbocycles. The molecule has 3 aromatic rings. The molecule has 0 atom stereocenters. The van der Waals surface area contributed by atoms with Crippen molar-refractivity contribution in [2.75, 3.05) is 19.8 Å². The number of nitrogens with zero attached hydrogens (tertiary/aromatic N) is 2. The van der Waals surface area contributed by atoms with E-state index in [1.165, 1.54) is 11.1 Å². The number of nitrogens with one attached hydrogen (secondary N) is 1. The molecule has 1 aromatic carbocycles. The van der Waals surface area contributed by atoms with Gasteiger partial charge in [-0.1, -0.05) is 30.3 Å². The number of pyridine rings is 2. The lowest BCUT2D eigenvalue weighted by atomic mass is 9.74. The predicted molar refractivity (Wildman–Crippen MR) is 117 cm³/mol. The van der Waals surface area contributed by atoms with Crippen molar-refractivity contribution >= 4 is 5.91 Å². The van der Waals surface area contributed by atoms with Gasteiger partial charge in [0.1, 0.15) is 0 Å². The Balaban J connectivity index is 1.47. The van der Waals surface area contributed by atoms with E-state index in [1.807, 2.05) is 24.4 Å². The first-order chi connectivity index (χ1) is 14.8. The highest BCUT2D eigenvalue weighted by atomic mass is 16.5. The molecule has 4 rings (SSSR count). The zero-order chi connectivity index (χ0) is 20.7. The minimum atomic E-state index is -0.427. The number of carbonyl (C=O) groups excluding carboxylic acids is 1. The number of carbonyl (C=O) groups is 1. The summed E-state index contributed by atoms with van der Waals surface area (Å²) in [7, 11) is 0. The molecular weight excluding hydrogens is 374 g/mol. The fourth-order valence-electron chi connectivity index (χ4n) is 4.09. The van der Waals surface area contributed by atoms with Gasteiger partial charge in [-0.15, -0.1) is 0 Å². The second-order valence-corrected chi connectivity index (χ2v) is 7.87. The van der Waals surface area contributed by atoms with E-state index in [4.69, 9.17) is 4.74 Å². The quantitative estimate of drug-likeness (QED) is 0.653. The van der Waals surface area contributed by atoms with Crippen molar-refractivity contribution in [2.45, 2.75) is 25.7 Å². The molecule has 0 radical (unpaired) electrons. The van der Waals surface area contributed by atoms with Gasteiger partial charge in [0.05, 0.1) is 5.41 Å². The molecule has 2 aromatic heterocycles. The second kappa shape index (κ2) is 9.63. The van der Waals surface area contributed by atoms with Crippen LogP contribution in [-0.4, -0.2) is 35.6 Å². The molecule has 30 heavy (non-hydrogen) atoms. The Labute approximate surface area is 177 Å². The molecule has 1 aliphatic heterocycles. The zero-order valence-corrected chi connectivity index (χ0v) is 17.1. The van der Waals surface area contributed by atoms with Crippen LogP contribution in [0, 0.1) is 5.41 Å². The van der Waals surface area contributed by atoms with Crippen molar-refractivity contribution in [2.24, 2.45) is 5.41 Å². The molecule has 154 valence electrons. The SMILES string of the molecule is O=C(NCCc1ccncc1)C1(Cc2cccc(-c3cccnc3)c2)CCOCC1. The van der Waals surface area contributed by atoms with Crippen molar-refractivity contribution in [3.05, 3.63) is 84.4 Å². The van der Waals surface area contributed by atoms with Gasteiger partial charge < -0.3 is 10.1 Å². The van der Waals surface area contributed by atoms with Crippen LogP contribution in [0.4, 0.5) is 0 Å². The highest BCUT2D eigenvalue weighted by Gasteiger charge is 2.39. The minimum Gasteiger partial charge on any atom is -0.381 e. The monoisotopic (exact) mass is 401 g/mol. The third-order valence-corrected chi connectivity index (χ3v) is 5.84. The van der Waals surface area contributed by atoms with Gasteiger partial charge >= 0.3 is 0 Å². The van der Waals surface area contributed by atoms with Gasteiger partial charge in [-0.05, 0) is 66.1 Å². The molecule has 5 heteroatoms. The maximum atomic E-state index is 13.3. The lowest BCUT2D eigenvalue weighted by Crippen LogP contribution is -2.46. The Hall–Kier alpha value is -3.05. The molecule has 0 aliphatic carbocycles. The summed E-state index contributed by atoms with van der Waals surface area (Å²) < 4.78 is 5.58. The van der Waals surface area contributed by atoms with E-state index in [9.17, 15) is 4.79 Å². The maximum Gasteiger partial charge on any atom is 0.226 e. The molecule has 0 bridgehead atoms. The molecule has 0 unspecified atom stereocenters. The van der Waals surface area contributed by atoms with Crippen LogP contribution in [0.25, 0.3) is 11.1 Å². The summed E-state index contributed by atoms with van der Waals surface area (Å²) in [6.07, 6.45) is 10.2. The van der Waals surface area contributed by atoms with Gasteiger partial charge in [0, 0.05) is 44.5 Å². The number of benzene rings is 1. The normalized spacial score (nSPS) is 15.5. The Morgan fingerprint density at radius 3 is 2.50 bits per heavy atom. The Kier molecular flexibility index (Phi) is 6.50. The summed E-state index contributed by atoms with van der Waals surface area (Å²) in [6.45, 7) is 1.88. The van der Waals surface area contributed by atoms with Crippen LogP contribution in [0.2, 0.25) is 0 Å². The highest BCUT2D eigenvalue weighted by Crippen LogP contribution is 2.35. The van der Waals surface area contributed by atoms with Crippen LogP contribution in [0.15, 0.2) is 73.3 Å². The van der Waals surface area contributed by atoms with E-state index in [2.05, 4.69) is 45.6 Å². The topological polar surface area (TPSA) is 64.1 Å². The standard InChI is InChI=1S/C25H27N3O2/c29-24(28-14-8-20-6-12-26-13-7-20)25(9-15-30-16-10-25)18-21-3-1-4-22(17-21)23-5-2-11-27-19-23/h1-7,11-13,17,19H,8-10,14-16,18H2,(H,28,29). The van der Waals surface area contributed by atoms with Crippen LogP contribution >= 0.6 is 0 Å². The Morgan fingerprint density at radius 2 is 1.73 bits per heavy atom. The van der Waals surface area contributed by atoms with Crippen molar-refractivity contribution in [3.8, 4) is 11.1 Å². The first-order valence-electron chi connectivity index (χ1n) is 10.5. The third kappa shape index (κ3) is 4.92. The number of aromatic nitrogens is 2. The minimum absolute atomic E-state index is 0.131. The van der Waals surface area contributed by atoms with Crippen molar-refractivity contribution in [3.63, 3.8) is 0 Å². The average molecular weight is 402 g/mol. The van der Waals surface area contributed by atoms with E-state index in [1.54, 1.807) is 18.6 Å². The lowest BCUT2D eigenvalue weighted by molar-refractivity contribution is -0.136. The van der Waals surface area contributed by atoms with Crippen molar-refractivity contribution < 1.29 is 9.53 Å². The van der Waals surface area contributed by atoms with Gasteiger partial charge in [-0.25, -0.2) is 0 Å². The number of ether oxygens (including phenoxy) is 1. The zero-order valence-electron chi connectivity index (χ0n) is 17.1. The Bertz CT molecular complexity index is 954. The second-order valence-electron chi connectivity index (χ2n) is 7.87. The largest absolute Gasteiger partial charge is 0.381 e. The Morgan fingerprint density at radius 1 is 0.933 bits per heavy atom.